The average Bonchev–Trinajstić information content (AvgIpc) is 3.03. The number of allylic oxidation sites excluding steroid dienone is 2. The van der Waals surface area contributed by atoms with E-state index in [1.165, 1.54) is 0 Å². The Morgan fingerprint density at radius 2 is 1.92 bits per heavy atom. The summed E-state index contributed by atoms with van der Waals surface area (Å²) < 4.78 is 11.5. The van der Waals surface area contributed by atoms with E-state index in [1.807, 2.05) is 49.5 Å². The van der Waals surface area contributed by atoms with Gasteiger partial charge in [0.05, 0.1) is 7.11 Å². The number of carbonyl (C=O) groups excluding carboxylic acids is 1. The third-order valence-corrected chi connectivity index (χ3v) is 4.77. The predicted octanol–water partition coefficient (Wildman–Crippen LogP) is 4.56. The van der Waals surface area contributed by atoms with E-state index in [0.717, 1.165) is 22.0 Å². The molecule has 0 spiro atoms. The highest BCUT2D eigenvalue weighted by atomic mass is 16.5. The van der Waals surface area contributed by atoms with Crippen LogP contribution in [-0.2, 0) is 4.79 Å². The van der Waals surface area contributed by atoms with Crippen LogP contribution in [0.3, 0.4) is 0 Å². The minimum absolute atomic E-state index is 0.0150. The molecule has 1 aliphatic heterocycles. The lowest BCUT2D eigenvalue weighted by Crippen LogP contribution is -2.20. The lowest BCUT2D eigenvalue weighted by Gasteiger charge is -2.29. The molecule has 0 aliphatic carbocycles. The molecule has 1 aliphatic rings. The van der Waals surface area contributed by atoms with Gasteiger partial charge >= 0.3 is 0 Å². The van der Waals surface area contributed by atoms with Gasteiger partial charge in [0.1, 0.15) is 5.76 Å². The fourth-order valence-electron chi connectivity index (χ4n) is 3.70. The van der Waals surface area contributed by atoms with Crippen LogP contribution in [0.1, 0.15) is 30.9 Å². The van der Waals surface area contributed by atoms with Crippen LogP contribution in [0, 0.1) is 0 Å². The molecule has 2 heterocycles. The van der Waals surface area contributed by atoms with Gasteiger partial charge in [-0.05, 0) is 31.5 Å². The third-order valence-electron chi connectivity index (χ3n) is 4.77. The van der Waals surface area contributed by atoms with Crippen molar-refractivity contribution in [3.8, 4) is 11.5 Å². The number of benzene rings is 2. The number of methoxy groups -OCH3 is 1. The zero-order chi connectivity index (χ0) is 17.6. The summed E-state index contributed by atoms with van der Waals surface area (Å²) in [5.41, 5.74) is 3.75. The minimum Gasteiger partial charge on any atom is -0.493 e. The topological polar surface area (TPSA) is 51.3 Å². The van der Waals surface area contributed by atoms with E-state index >= 15 is 0 Å². The van der Waals surface area contributed by atoms with Gasteiger partial charge in [0, 0.05) is 34.2 Å². The monoisotopic (exact) mass is 333 g/mol. The molecule has 1 unspecified atom stereocenters. The first kappa shape index (κ1) is 15.5. The number of hydrogen-bond donors (Lipinski definition) is 1. The minimum atomic E-state index is -0.188. The van der Waals surface area contributed by atoms with E-state index in [-0.39, 0.29) is 11.7 Å². The Balaban J connectivity index is 2.03. The third kappa shape index (κ3) is 2.33. The number of ether oxygens (including phenoxy) is 2. The van der Waals surface area contributed by atoms with E-state index in [9.17, 15) is 4.79 Å². The smallest absolute Gasteiger partial charge is 0.172 e. The number of ketones is 1. The molecule has 4 rings (SSSR count). The summed E-state index contributed by atoms with van der Waals surface area (Å²) in [7, 11) is 1.62. The maximum Gasteiger partial charge on any atom is 0.172 e. The van der Waals surface area contributed by atoms with E-state index in [1.54, 1.807) is 14.0 Å². The Kier molecular flexibility index (Phi) is 3.61. The molecular formula is C21H19NO3. The van der Waals surface area contributed by atoms with Crippen LogP contribution in [0.4, 0.5) is 0 Å². The van der Waals surface area contributed by atoms with Gasteiger partial charge in [-0.15, -0.1) is 0 Å². The number of rotatable bonds is 3. The second-order valence-electron chi connectivity index (χ2n) is 6.23. The highest BCUT2D eigenvalue weighted by Crippen LogP contribution is 2.48. The molecule has 126 valence electrons. The van der Waals surface area contributed by atoms with Gasteiger partial charge in [-0.1, -0.05) is 30.3 Å². The van der Waals surface area contributed by atoms with E-state index < -0.39 is 0 Å². The molecule has 3 aromatic rings. The maximum absolute atomic E-state index is 12.4. The SMILES string of the molecule is COc1cccc2c1OC(C)=C(C(C)=O)C2c1c[nH]c2ccccc12. The van der Waals surface area contributed by atoms with Gasteiger partial charge in [-0.3, -0.25) is 4.79 Å². The predicted molar refractivity (Wildman–Crippen MR) is 97.1 cm³/mol. The van der Waals surface area contributed by atoms with Crippen molar-refractivity contribution in [2.45, 2.75) is 19.8 Å². The normalized spacial score (nSPS) is 16.5. The first-order valence-electron chi connectivity index (χ1n) is 8.24. The molecule has 1 N–H and O–H groups in total. The van der Waals surface area contributed by atoms with Crippen molar-refractivity contribution < 1.29 is 14.3 Å². The van der Waals surface area contributed by atoms with Crippen LogP contribution in [0.25, 0.3) is 10.9 Å². The molecule has 0 amide bonds. The van der Waals surface area contributed by atoms with E-state index in [4.69, 9.17) is 9.47 Å². The fraction of sp³-hybridized carbons (Fsp3) is 0.190. The number of fused-ring (bicyclic) bond motifs is 2. The van der Waals surface area contributed by atoms with Crippen molar-refractivity contribution in [3.63, 3.8) is 0 Å². The molecule has 1 atom stereocenters. The molecule has 25 heavy (non-hydrogen) atoms. The summed E-state index contributed by atoms with van der Waals surface area (Å²) in [6.07, 6.45) is 1.99. The Bertz CT molecular complexity index is 1010. The standard InChI is InChI=1S/C21H19NO3/c1-12(23)19-13(2)25-21-15(8-6-10-18(21)24-3)20(19)16-11-22-17-9-5-4-7-14(16)17/h4-11,20,22H,1-3H3. The van der Waals surface area contributed by atoms with E-state index in [0.29, 0.717) is 22.8 Å². The molecule has 4 nitrogen and oxygen atoms in total. The molecular weight excluding hydrogens is 314 g/mol. The van der Waals surface area contributed by atoms with Crippen LogP contribution >= 0.6 is 0 Å². The number of aromatic nitrogens is 1. The van der Waals surface area contributed by atoms with Crippen molar-refractivity contribution in [3.05, 3.63) is 71.1 Å². The van der Waals surface area contributed by atoms with Gasteiger partial charge in [0.25, 0.3) is 0 Å². The quantitative estimate of drug-likeness (QED) is 0.764. The Labute approximate surface area is 146 Å². The van der Waals surface area contributed by atoms with Crippen molar-refractivity contribution in [2.24, 2.45) is 0 Å². The Hall–Kier alpha value is -3.01. The van der Waals surface area contributed by atoms with Crippen molar-refractivity contribution >= 4 is 16.7 Å². The highest BCUT2D eigenvalue weighted by molar-refractivity contribution is 5.98. The zero-order valence-corrected chi connectivity index (χ0v) is 14.4. The maximum atomic E-state index is 12.4. The van der Waals surface area contributed by atoms with Crippen LogP contribution in [0.5, 0.6) is 11.5 Å². The molecule has 2 aromatic carbocycles. The summed E-state index contributed by atoms with van der Waals surface area (Å²) in [4.78, 5) is 15.7. The second-order valence-corrected chi connectivity index (χ2v) is 6.23. The number of aromatic amines is 1. The van der Waals surface area contributed by atoms with Gasteiger partial charge in [0.2, 0.25) is 0 Å². The zero-order valence-electron chi connectivity index (χ0n) is 14.4. The number of H-pyrrole nitrogens is 1. The first-order valence-corrected chi connectivity index (χ1v) is 8.24. The molecule has 0 saturated carbocycles. The number of nitrogens with one attached hydrogen (secondary N) is 1. The van der Waals surface area contributed by atoms with E-state index in [2.05, 4.69) is 11.1 Å². The Morgan fingerprint density at radius 3 is 2.68 bits per heavy atom. The molecule has 0 saturated heterocycles. The van der Waals surface area contributed by atoms with Crippen LogP contribution in [0.15, 0.2) is 60.0 Å². The molecule has 1 aromatic heterocycles. The number of para-hydroxylation sites is 2. The van der Waals surface area contributed by atoms with Crippen molar-refractivity contribution in [1.29, 1.82) is 0 Å². The molecule has 4 heteroatoms. The summed E-state index contributed by atoms with van der Waals surface area (Å²) >= 11 is 0. The van der Waals surface area contributed by atoms with Gasteiger partial charge in [-0.2, -0.15) is 0 Å². The second kappa shape index (κ2) is 5.81. The number of carbonyl (C=O) groups is 1. The first-order chi connectivity index (χ1) is 12.1. The summed E-state index contributed by atoms with van der Waals surface area (Å²) in [6.45, 7) is 3.43. The van der Waals surface area contributed by atoms with Crippen molar-refractivity contribution in [2.75, 3.05) is 7.11 Å². The highest BCUT2D eigenvalue weighted by Gasteiger charge is 2.34. The molecule has 0 fully saturated rings. The van der Waals surface area contributed by atoms with Crippen LogP contribution in [-0.4, -0.2) is 17.9 Å². The lowest BCUT2D eigenvalue weighted by molar-refractivity contribution is -0.114. The largest absolute Gasteiger partial charge is 0.493 e. The Morgan fingerprint density at radius 1 is 1.12 bits per heavy atom. The van der Waals surface area contributed by atoms with Crippen molar-refractivity contribution in [1.82, 2.24) is 4.98 Å². The van der Waals surface area contributed by atoms with Gasteiger partial charge in [-0.25, -0.2) is 0 Å². The van der Waals surface area contributed by atoms with Gasteiger partial charge in [0.15, 0.2) is 17.3 Å². The van der Waals surface area contributed by atoms with Gasteiger partial charge < -0.3 is 14.5 Å². The summed E-state index contributed by atoms with van der Waals surface area (Å²) in [5, 5.41) is 1.11. The number of hydrogen-bond acceptors (Lipinski definition) is 3. The van der Waals surface area contributed by atoms with Crippen LogP contribution in [0.2, 0.25) is 0 Å². The summed E-state index contributed by atoms with van der Waals surface area (Å²) in [6, 6.07) is 13.9. The van der Waals surface area contributed by atoms with Crippen LogP contribution < -0.4 is 9.47 Å². The average molecular weight is 333 g/mol. The summed E-state index contributed by atoms with van der Waals surface area (Å²) in [5.74, 6) is 1.81. The fourth-order valence-corrected chi connectivity index (χ4v) is 3.70. The molecule has 0 radical (unpaired) electrons. The molecule has 0 bridgehead atoms. The lowest BCUT2D eigenvalue weighted by atomic mass is 9.80. The number of Topliss-reactive ketones (excluding diaryl/α,β-unsaturated/α-hetero) is 1.